The number of rotatable bonds is 3. The van der Waals surface area contributed by atoms with Gasteiger partial charge in [0.05, 0.1) is 22.8 Å². The molecule has 2 aromatic heterocycles. The quantitative estimate of drug-likeness (QED) is 0.695. The fourth-order valence-corrected chi connectivity index (χ4v) is 5.15. The average Bonchev–Trinajstić information content (AvgIpc) is 3.04. The number of morpholine rings is 1. The monoisotopic (exact) mass is 385 g/mol. The number of benzene rings is 1. The highest BCUT2D eigenvalue weighted by Gasteiger charge is 2.32. The van der Waals surface area contributed by atoms with E-state index in [4.69, 9.17) is 4.74 Å². The number of fused-ring (bicyclic) bond motifs is 1. The van der Waals surface area contributed by atoms with Crippen LogP contribution in [0.2, 0.25) is 0 Å². The number of nitrogens with zero attached hydrogens (tertiary/aromatic N) is 3. The minimum Gasteiger partial charge on any atom is -0.373 e. The minimum atomic E-state index is -3.58. The van der Waals surface area contributed by atoms with Crippen LogP contribution in [0.1, 0.15) is 19.4 Å². The summed E-state index contributed by atoms with van der Waals surface area (Å²) in [7, 11) is -3.58. The molecule has 27 heavy (non-hydrogen) atoms. The van der Waals surface area contributed by atoms with Crippen molar-refractivity contribution in [2.45, 2.75) is 37.9 Å². The van der Waals surface area contributed by atoms with Crippen LogP contribution < -0.4 is 0 Å². The molecule has 0 spiro atoms. The van der Waals surface area contributed by atoms with Gasteiger partial charge in [-0.2, -0.15) is 4.31 Å². The van der Waals surface area contributed by atoms with Crippen LogP contribution in [0.4, 0.5) is 0 Å². The third-order valence-electron chi connectivity index (χ3n) is 4.77. The second kappa shape index (κ2) is 6.74. The van der Waals surface area contributed by atoms with E-state index in [0.717, 1.165) is 22.5 Å². The predicted octanol–water partition coefficient (Wildman–Crippen LogP) is 3.11. The summed E-state index contributed by atoms with van der Waals surface area (Å²) in [6.07, 6.45) is 3.64. The molecule has 4 rings (SSSR count). The van der Waals surface area contributed by atoms with E-state index in [-0.39, 0.29) is 17.1 Å². The Kier molecular flexibility index (Phi) is 4.53. The van der Waals surface area contributed by atoms with Gasteiger partial charge in [0.1, 0.15) is 5.65 Å². The number of hydrogen-bond donors (Lipinski definition) is 0. The van der Waals surface area contributed by atoms with Crippen LogP contribution >= 0.6 is 0 Å². The van der Waals surface area contributed by atoms with E-state index in [1.165, 1.54) is 4.31 Å². The van der Waals surface area contributed by atoms with Crippen LogP contribution in [-0.2, 0) is 14.8 Å². The Hall–Kier alpha value is -2.22. The zero-order valence-electron chi connectivity index (χ0n) is 15.7. The minimum absolute atomic E-state index is 0.117. The van der Waals surface area contributed by atoms with Crippen LogP contribution in [0, 0.1) is 6.92 Å². The number of pyridine rings is 1. The summed E-state index contributed by atoms with van der Waals surface area (Å²) in [5, 5.41) is 0. The summed E-state index contributed by atoms with van der Waals surface area (Å²) in [5.41, 5.74) is 3.51. The molecular formula is C20H23N3O3S. The van der Waals surface area contributed by atoms with E-state index in [9.17, 15) is 8.42 Å². The largest absolute Gasteiger partial charge is 0.373 e. The molecule has 0 N–H and O–H groups in total. The zero-order valence-corrected chi connectivity index (χ0v) is 16.5. The van der Waals surface area contributed by atoms with Gasteiger partial charge >= 0.3 is 0 Å². The highest BCUT2D eigenvalue weighted by atomic mass is 32.2. The lowest BCUT2D eigenvalue weighted by molar-refractivity contribution is -0.0440. The standard InChI is InChI=1S/C20H23N3O3S/c1-14-7-8-22-13-19(21-20(22)9-14)17-5-4-6-18(10-17)27(24,25)23-11-15(2)26-16(3)12-23/h4-10,13,15-16H,11-12H2,1-3H3/t15-,16-/m0/s1. The maximum absolute atomic E-state index is 13.1. The van der Waals surface area contributed by atoms with Crippen molar-refractivity contribution in [1.82, 2.24) is 13.7 Å². The van der Waals surface area contributed by atoms with Crippen molar-refractivity contribution in [3.05, 3.63) is 54.4 Å². The van der Waals surface area contributed by atoms with Crippen molar-refractivity contribution in [2.75, 3.05) is 13.1 Å². The lowest BCUT2D eigenvalue weighted by Crippen LogP contribution is -2.48. The van der Waals surface area contributed by atoms with Crippen LogP contribution in [0.5, 0.6) is 0 Å². The highest BCUT2D eigenvalue weighted by Crippen LogP contribution is 2.26. The summed E-state index contributed by atoms with van der Waals surface area (Å²) in [4.78, 5) is 4.92. The smallest absolute Gasteiger partial charge is 0.243 e. The first kappa shape index (κ1) is 18.2. The molecule has 7 heteroatoms. The topological polar surface area (TPSA) is 63.9 Å². The number of ether oxygens (including phenoxy) is 1. The summed E-state index contributed by atoms with van der Waals surface area (Å²) in [6.45, 7) is 6.54. The summed E-state index contributed by atoms with van der Waals surface area (Å²) < 4.78 is 35.4. The second-order valence-electron chi connectivity index (χ2n) is 7.20. The average molecular weight is 385 g/mol. The van der Waals surface area contributed by atoms with Gasteiger partial charge in [-0.1, -0.05) is 12.1 Å². The summed E-state index contributed by atoms with van der Waals surface area (Å²) >= 11 is 0. The summed E-state index contributed by atoms with van der Waals surface area (Å²) in [6, 6.07) is 11.0. The highest BCUT2D eigenvalue weighted by molar-refractivity contribution is 7.89. The molecule has 0 aliphatic carbocycles. The molecule has 3 aromatic rings. The van der Waals surface area contributed by atoms with Crippen molar-refractivity contribution in [3.63, 3.8) is 0 Å². The van der Waals surface area contributed by atoms with Crippen LogP contribution in [0.25, 0.3) is 16.9 Å². The van der Waals surface area contributed by atoms with Crippen molar-refractivity contribution >= 4 is 15.7 Å². The fourth-order valence-electron chi connectivity index (χ4n) is 3.51. The number of sulfonamides is 1. The SMILES string of the molecule is Cc1ccn2cc(-c3cccc(S(=O)(=O)N4C[C@H](C)O[C@@H](C)C4)c3)nc2c1. The third-order valence-corrected chi connectivity index (χ3v) is 6.60. The lowest BCUT2D eigenvalue weighted by Gasteiger charge is -2.34. The molecule has 0 radical (unpaired) electrons. The van der Waals surface area contributed by atoms with E-state index in [2.05, 4.69) is 4.98 Å². The lowest BCUT2D eigenvalue weighted by atomic mass is 10.2. The van der Waals surface area contributed by atoms with Gasteiger partial charge in [-0.15, -0.1) is 0 Å². The Labute approximate surface area is 159 Å². The molecule has 0 unspecified atom stereocenters. The molecule has 142 valence electrons. The van der Waals surface area contributed by atoms with Crippen LogP contribution in [0.15, 0.2) is 53.7 Å². The Bertz CT molecular complexity index is 1080. The fraction of sp³-hybridized carbons (Fsp3) is 0.350. The molecule has 1 saturated heterocycles. The Morgan fingerprint density at radius 3 is 2.59 bits per heavy atom. The molecule has 6 nitrogen and oxygen atoms in total. The number of aromatic nitrogens is 2. The van der Waals surface area contributed by atoms with E-state index in [1.54, 1.807) is 18.2 Å². The normalized spacial score (nSPS) is 21.6. The van der Waals surface area contributed by atoms with Crippen molar-refractivity contribution in [1.29, 1.82) is 0 Å². The molecule has 0 amide bonds. The van der Waals surface area contributed by atoms with Crippen molar-refractivity contribution in [3.8, 4) is 11.3 Å². The number of imidazole rings is 1. The molecule has 2 atom stereocenters. The Morgan fingerprint density at radius 1 is 1.11 bits per heavy atom. The molecule has 0 bridgehead atoms. The van der Waals surface area contributed by atoms with Gasteiger partial charge in [0.15, 0.2) is 0 Å². The van der Waals surface area contributed by atoms with Crippen molar-refractivity contribution < 1.29 is 13.2 Å². The van der Waals surface area contributed by atoms with E-state index in [1.807, 2.05) is 55.8 Å². The molecule has 1 aliphatic heterocycles. The number of hydrogen-bond acceptors (Lipinski definition) is 4. The van der Waals surface area contributed by atoms with Gasteiger partial charge in [0.2, 0.25) is 10.0 Å². The first-order valence-electron chi connectivity index (χ1n) is 9.04. The number of aryl methyl sites for hydroxylation is 1. The van der Waals surface area contributed by atoms with E-state index >= 15 is 0 Å². The first-order valence-corrected chi connectivity index (χ1v) is 10.5. The third kappa shape index (κ3) is 3.50. The molecule has 3 heterocycles. The molecule has 0 saturated carbocycles. The van der Waals surface area contributed by atoms with Crippen LogP contribution in [-0.4, -0.2) is 47.4 Å². The second-order valence-corrected chi connectivity index (χ2v) is 9.14. The van der Waals surface area contributed by atoms with Gasteiger partial charge in [-0.05, 0) is 50.6 Å². The zero-order chi connectivity index (χ0) is 19.2. The van der Waals surface area contributed by atoms with Gasteiger partial charge in [-0.3, -0.25) is 0 Å². The van der Waals surface area contributed by atoms with Gasteiger partial charge < -0.3 is 9.14 Å². The van der Waals surface area contributed by atoms with Crippen LogP contribution in [0.3, 0.4) is 0 Å². The maximum atomic E-state index is 13.1. The van der Waals surface area contributed by atoms with Gasteiger partial charge in [0, 0.05) is 31.0 Å². The maximum Gasteiger partial charge on any atom is 0.243 e. The Balaban J connectivity index is 1.71. The first-order chi connectivity index (χ1) is 12.8. The van der Waals surface area contributed by atoms with Gasteiger partial charge in [0.25, 0.3) is 0 Å². The summed E-state index contributed by atoms with van der Waals surface area (Å²) in [5.74, 6) is 0. The molecule has 1 fully saturated rings. The molecular weight excluding hydrogens is 362 g/mol. The molecule has 1 aromatic carbocycles. The van der Waals surface area contributed by atoms with Gasteiger partial charge in [-0.25, -0.2) is 13.4 Å². The Morgan fingerprint density at radius 2 is 1.85 bits per heavy atom. The van der Waals surface area contributed by atoms with E-state index in [0.29, 0.717) is 13.1 Å². The van der Waals surface area contributed by atoms with E-state index < -0.39 is 10.0 Å². The molecule has 1 aliphatic rings. The predicted molar refractivity (Wildman–Crippen MR) is 104 cm³/mol. The van der Waals surface area contributed by atoms with Crippen molar-refractivity contribution in [2.24, 2.45) is 0 Å².